The van der Waals surface area contributed by atoms with Gasteiger partial charge in [0.15, 0.2) is 0 Å². The largest absolute Gasteiger partial charge is 0.489 e. The van der Waals surface area contributed by atoms with Crippen LogP contribution in [0.2, 0.25) is 5.02 Å². The molecule has 0 spiro atoms. The fourth-order valence-electron chi connectivity index (χ4n) is 8.16. The molecular formula is C38H51ClN4O4. The van der Waals surface area contributed by atoms with Gasteiger partial charge in [-0.15, -0.1) is 0 Å². The number of hydrogen-bond acceptors (Lipinski definition) is 6. The monoisotopic (exact) mass is 662 g/mol. The van der Waals surface area contributed by atoms with Crippen molar-refractivity contribution in [2.24, 2.45) is 16.7 Å². The summed E-state index contributed by atoms with van der Waals surface area (Å²) >= 11 is 6.24. The highest BCUT2D eigenvalue weighted by Crippen LogP contribution is 2.55. The molecule has 254 valence electrons. The number of halogens is 1. The first-order chi connectivity index (χ1) is 22.1. The molecule has 3 aliphatic rings. The van der Waals surface area contributed by atoms with E-state index in [0.29, 0.717) is 33.7 Å². The zero-order valence-electron chi connectivity index (χ0n) is 29.1. The van der Waals surface area contributed by atoms with E-state index in [0.717, 1.165) is 58.4 Å². The molecule has 2 amide bonds. The van der Waals surface area contributed by atoms with Gasteiger partial charge in [-0.05, 0) is 101 Å². The first-order valence-corrected chi connectivity index (χ1v) is 17.4. The lowest BCUT2D eigenvalue weighted by Crippen LogP contribution is -2.74. The third-order valence-corrected chi connectivity index (χ3v) is 10.8. The van der Waals surface area contributed by atoms with Crippen LogP contribution in [0.1, 0.15) is 102 Å². The molecule has 2 aromatic rings. The fraction of sp³-hybridized carbons (Fsp3) is 0.605. The summed E-state index contributed by atoms with van der Waals surface area (Å²) in [6, 6.07) is 15.3. The Hall–Kier alpha value is -3.28. The van der Waals surface area contributed by atoms with Crippen molar-refractivity contribution >= 4 is 23.6 Å². The number of nitrogens with one attached hydrogen (secondary N) is 1. The quantitative estimate of drug-likeness (QED) is 0.327. The summed E-state index contributed by atoms with van der Waals surface area (Å²) in [5, 5.41) is 12.8. The van der Waals surface area contributed by atoms with Crippen molar-refractivity contribution in [1.29, 1.82) is 5.26 Å². The van der Waals surface area contributed by atoms with E-state index in [-0.39, 0.29) is 35.0 Å². The van der Waals surface area contributed by atoms with Crippen LogP contribution < -0.4 is 10.1 Å². The molecule has 0 radical (unpaired) electrons. The van der Waals surface area contributed by atoms with Gasteiger partial charge in [-0.2, -0.15) is 5.26 Å². The fourth-order valence-corrected chi connectivity index (χ4v) is 8.37. The van der Waals surface area contributed by atoms with Crippen molar-refractivity contribution < 1.29 is 19.1 Å². The van der Waals surface area contributed by atoms with Crippen molar-refractivity contribution in [2.45, 2.75) is 97.8 Å². The lowest BCUT2D eigenvalue weighted by Gasteiger charge is -2.63. The van der Waals surface area contributed by atoms with Gasteiger partial charge in [-0.3, -0.25) is 4.79 Å². The summed E-state index contributed by atoms with van der Waals surface area (Å²) < 4.78 is 11.9. The minimum atomic E-state index is -0.457. The molecule has 1 saturated carbocycles. The van der Waals surface area contributed by atoms with Gasteiger partial charge in [0.1, 0.15) is 23.5 Å². The molecule has 2 aliphatic heterocycles. The van der Waals surface area contributed by atoms with Gasteiger partial charge in [0.2, 0.25) is 0 Å². The maximum absolute atomic E-state index is 13.4. The smallest absolute Gasteiger partial charge is 0.410 e. The molecule has 0 atom stereocenters. The number of nitriles is 1. The third-order valence-electron chi connectivity index (χ3n) is 10.4. The van der Waals surface area contributed by atoms with E-state index in [2.05, 4.69) is 56.1 Å². The molecule has 2 saturated heterocycles. The molecule has 2 heterocycles. The van der Waals surface area contributed by atoms with Crippen LogP contribution in [0.5, 0.6) is 5.75 Å². The second kappa shape index (κ2) is 13.7. The zero-order chi connectivity index (χ0) is 34.1. The second-order valence-corrected chi connectivity index (χ2v) is 16.3. The molecule has 8 nitrogen and oxygen atoms in total. The van der Waals surface area contributed by atoms with Gasteiger partial charge in [0, 0.05) is 48.1 Å². The van der Waals surface area contributed by atoms with E-state index in [1.54, 1.807) is 18.2 Å². The number of carbonyl (C=O) groups excluding carboxylic acids is 2. The summed E-state index contributed by atoms with van der Waals surface area (Å²) in [5.74, 6) is 1.66. The Bertz CT molecular complexity index is 1460. The Balaban J connectivity index is 1.08. The van der Waals surface area contributed by atoms with Crippen molar-refractivity contribution in [1.82, 2.24) is 15.1 Å². The number of amides is 2. The van der Waals surface area contributed by atoms with Crippen LogP contribution in [0.15, 0.2) is 42.5 Å². The van der Waals surface area contributed by atoms with Crippen LogP contribution in [0, 0.1) is 28.1 Å². The van der Waals surface area contributed by atoms with Gasteiger partial charge >= 0.3 is 6.09 Å². The van der Waals surface area contributed by atoms with Gasteiger partial charge in [-0.1, -0.05) is 51.4 Å². The average Bonchev–Trinajstić information content (AvgIpc) is 3.02. The molecule has 47 heavy (non-hydrogen) atoms. The normalized spacial score (nSPS) is 23.3. The molecule has 1 aliphatic carbocycles. The highest BCUT2D eigenvalue weighted by Gasteiger charge is 2.64. The minimum Gasteiger partial charge on any atom is -0.489 e. The number of carbonyl (C=O) groups is 2. The van der Waals surface area contributed by atoms with E-state index >= 15 is 0 Å². The molecule has 2 aromatic carbocycles. The molecule has 9 heteroatoms. The molecule has 0 bridgehead atoms. The van der Waals surface area contributed by atoms with Crippen LogP contribution >= 0.6 is 11.6 Å². The summed E-state index contributed by atoms with van der Waals surface area (Å²) in [5.41, 5.74) is 1.29. The Morgan fingerprint density at radius 3 is 2.13 bits per heavy atom. The minimum absolute atomic E-state index is 0.0740. The van der Waals surface area contributed by atoms with E-state index in [1.807, 2.05) is 37.8 Å². The number of benzene rings is 2. The summed E-state index contributed by atoms with van der Waals surface area (Å²) in [6.45, 7) is 19.0. The van der Waals surface area contributed by atoms with Crippen molar-refractivity contribution in [2.75, 3.05) is 32.7 Å². The van der Waals surface area contributed by atoms with Crippen molar-refractivity contribution in [3.8, 4) is 11.8 Å². The number of nitrogens with zero attached hydrogens (tertiary/aromatic N) is 3. The first-order valence-electron chi connectivity index (χ1n) is 17.1. The molecule has 1 N–H and O–H groups in total. The summed E-state index contributed by atoms with van der Waals surface area (Å²) in [6.07, 6.45) is 3.93. The number of piperidine rings is 2. The van der Waals surface area contributed by atoms with E-state index in [4.69, 9.17) is 21.1 Å². The van der Waals surface area contributed by atoms with Crippen LogP contribution in [0.25, 0.3) is 0 Å². The van der Waals surface area contributed by atoms with Gasteiger partial charge in [0.05, 0.1) is 10.6 Å². The van der Waals surface area contributed by atoms with E-state index in [1.165, 1.54) is 5.56 Å². The van der Waals surface area contributed by atoms with Crippen LogP contribution in [-0.2, 0) is 4.74 Å². The Labute approximate surface area is 285 Å². The predicted octanol–water partition coefficient (Wildman–Crippen LogP) is 7.65. The average molecular weight is 663 g/mol. The lowest BCUT2D eigenvalue weighted by atomic mass is 9.49. The maximum atomic E-state index is 13.4. The Morgan fingerprint density at radius 2 is 1.57 bits per heavy atom. The molecule has 0 unspecified atom stereocenters. The van der Waals surface area contributed by atoms with Gasteiger partial charge in [-0.25, -0.2) is 4.79 Å². The molecule has 5 rings (SSSR count). The van der Waals surface area contributed by atoms with Crippen LogP contribution in [0.4, 0.5) is 4.79 Å². The zero-order valence-corrected chi connectivity index (χ0v) is 29.8. The van der Waals surface area contributed by atoms with Crippen molar-refractivity contribution in [3.63, 3.8) is 0 Å². The van der Waals surface area contributed by atoms with Gasteiger partial charge < -0.3 is 24.6 Å². The SMILES string of the molecule is CC(C)(C)OC(=O)N1CCC(CN2CCC(c3ccc(C(=O)N[C@H]4C(C)(C)[C@H](Oc5ccc(C#N)c(Cl)c5)C4(C)C)cc3)CC2)CC1. The van der Waals surface area contributed by atoms with E-state index < -0.39 is 5.60 Å². The standard InChI is InChI=1S/C38H51ClN4O4/c1-36(2,3)47-35(45)43-20-14-25(15-21-43)24-42-18-16-27(17-19-42)26-8-10-28(11-9-26)32(44)41-33-37(4,5)34(38(33,6)7)46-30-13-12-29(23-40)31(39)22-30/h8-13,22,25,27,33-34H,14-21,24H2,1-7H3,(H,41,44)/t33-,34-. The first kappa shape index (κ1) is 35.0. The molecular weight excluding hydrogens is 612 g/mol. The van der Waals surface area contributed by atoms with E-state index in [9.17, 15) is 14.9 Å². The lowest BCUT2D eigenvalue weighted by molar-refractivity contribution is -0.164. The highest BCUT2D eigenvalue weighted by molar-refractivity contribution is 6.31. The Kier molecular flexibility index (Phi) is 10.2. The summed E-state index contributed by atoms with van der Waals surface area (Å²) in [7, 11) is 0. The topological polar surface area (TPSA) is 94.9 Å². The maximum Gasteiger partial charge on any atom is 0.410 e. The van der Waals surface area contributed by atoms with Crippen molar-refractivity contribution in [3.05, 3.63) is 64.2 Å². The summed E-state index contributed by atoms with van der Waals surface area (Å²) in [4.78, 5) is 30.2. The number of ether oxygens (including phenoxy) is 2. The number of rotatable bonds is 7. The van der Waals surface area contributed by atoms with Crippen LogP contribution in [-0.4, -0.2) is 72.3 Å². The highest BCUT2D eigenvalue weighted by atomic mass is 35.5. The Morgan fingerprint density at radius 1 is 0.957 bits per heavy atom. The third kappa shape index (κ3) is 7.90. The molecule has 0 aromatic heterocycles. The number of hydrogen-bond donors (Lipinski definition) is 1. The molecule has 3 fully saturated rings. The second-order valence-electron chi connectivity index (χ2n) is 15.9. The van der Waals surface area contributed by atoms with Crippen LogP contribution in [0.3, 0.4) is 0 Å². The number of likely N-dealkylation sites (tertiary alicyclic amines) is 2. The van der Waals surface area contributed by atoms with Gasteiger partial charge in [0.25, 0.3) is 5.91 Å². The predicted molar refractivity (Wildman–Crippen MR) is 185 cm³/mol.